The molecular formula is C11H14BrN. The van der Waals surface area contributed by atoms with E-state index in [9.17, 15) is 0 Å². The molecule has 0 aromatic heterocycles. The summed E-state index contributed by atoms with van der Waals surface area (Å²) in [6.45, 7) is 0. The molecule has 13 heavy (non-hydrogen) atoms. The minimum Gasteiger partial charge on any atom is -0.327 e. The zero-order valence-corrected chi connectivity index (χ0v) is 9.13. The molecule has 1 fully saturated rings. The first-order chi connectivity index (χ1) is 6.27. The second-order valence-electron chi connectivity index (χ2n) is 3.73. The number of rotatable bonds is 0. The van der Waals surface area contributed by atoms with Crippen molar-refractivity contribution in [1.82, 2.24) is 0 Å². The normalized spacial score (nSPS) is 33.1. The van der Waals surface area contributed by atoms with Crippen LogP contribution in [0.3, 0.4) is 0 Å². The third-order valence-corrected chi connectivity index (χ3v) is 3.34. The van der Waals surface area contributed by atoms with Gasteiger partial charge in [-0.05, 0) is 25.3 Å². The fourth-order valence-corrected chi connectivity index (χ4v) is 2.35. The molecule has 1 nitrogen and oxygen atoms in total. The van der Waals surface area contributed by atoms with Crippen LogP contribution in [0.2, 0.25) is 0 Å². The van der Waals surface area contributed by atoms with Gasteiger partial charge in [-0.25, -0.2) is 0 Å². The van der Waals surface area contributed by atoms with Crippen molar-refractivity contribution in [3.05, 3.63) is 34.4 Å². The summed E-state index contributed by atoms with van der Waals surface area (Å²) in [6.07, 6.45) is 12.3. The van der Waals surface area contributed by atoms with E-state index >= 15 is 0 Å². The summed E-state index contributed by atoms with van der Waals surface area (Å²) in [6, 6.07) is 0.322. The third-order valence-electron chi connectivity index (χ3n) is 2.81. The van der Waals surface area contributed by atoms with Crippen molar-refractivity contribution < 1.29 is 0 Å². The molecule has 0 aliphatic heterocycles. The third kappa shape index (κ3) is 1.94. The van der Waals surface area contributed by atoms with Gasteiger partial charge in [-0.1, -0.05) is 39.7 Å². The quantitative estimate of drug-likeness (QED) is 0.692. The zero-order chi connectivity index (χ0) is 9.26. The Hall–Kier alpha value is -0.340. The van der Waals surface area contributed by atoms with E-state index in [1.807, 2.05) is 0 Å². The van der Waals surface area contributed by atoms with Crippen molar-refractivity contribution in [3.8, 4) is 0 Å². The Morgan fingerprint density at radius 2 is 2.23 bits per heavy atom. The van der Waals surface area contributed by atoms with Gasteiger partial charge >= 0.3 is 0 Å². The van der Waals surface area contributed by atoms with Crippen LogP contribution in [0.25, 0.3) is 0 Å². The lowest BCUT2D eigenvalue weighted by Crippen LogP contribution is -2.33. The molecule has 70 valence electrons. The summed E-state index contributed by atoms with van der Waals surface area (Å²) in [7, 11) is 0. The standard InChI is InChI=1S/C11H14BrN/c12-9-5-4-8-2-1-3-11(13)10(8)7-6-9/h4-7,10-11H,1-3,13H2/t10?,11-/m0/s1. The van der Waals surface area contributed by atoms with Crippen LogP contribution in [0, 0.1) is 5.92 Å². The summed E-state index contributed by atoms with van der Waals surface area (Å²) >= 11 is 3.48. The lowest BCUT2D eigenvalue weighted by atomic mass is 9.81. The van der Waals surface area contributed by atoms with Crippen LogP contribution < -0.4 is 5.73 Å². The summed E-state index contributed by atoms with van der Waals surface area (Å²) in [4.78, 5) is 0. The Balaban J connectivity index is 2.28. The van der Waals surface area contributed by atoms with Crippen LogP contribution in [0.1, 0.15) is 19.3 Å². The van der Waals surface area contributed by atoms with Gasteiger partial charge in [0.1, 0.15) is 0 Å². The van der Waals surface area contributed by atoms with Crippen molar-refractivity contribution in [2.75, 3.05) is 0 Å². The minimum atomic E-state index is 0.322. The average molecular weight is 240 g/mol. The fourth-order valence-electron chi connectivity index (χ4n) is 2.06. The lowest BCUT2D eigenvalue weighted by Gasteiger charge is -2.28. The second kappa shape index (κ2) is 3.81. The largest absolute Gasteiger partial charge is 0.327 e. The highest BCUT2D eigenvalue weighted by atomic mass is 79.9. The minimum absolute atomic E-state index is 0.322. The second-order valence-corrected chi connectivity index (χ2v) is 4.65. The number of hydrogen-bond acceptors (Lipinski definition) is 1. The topological polar surface area (TPSA) is 26.0 Å². The Morgan fingerprint density at radius 1 is 1.38 bits per heavy atom. The van der Waals surface area contributed by atoms with E-state index in [-0.39, 0.29) is 0 Å². The number of hydrogen-bond donors (Lipinski definition) is 1. The summed E-state index contributed by atoms with van der Waals surface area (Å²) < 4.78 is 1.14. The SMILES string of the molecule is N[C@H]1CCCC2=CC=C(Br)C=CC21. The van der Waals surface area contributed by atoms with Gasteiger partial charge in [-0.15, -0.1) is 0 Å². The first kappa shape index (κ1) is 9.22. The molecule has 0 saturated heterocycles. The first-order valence-corrected chi connectivity index (χ1v) is 5.57. The van der Waals surface area contributed by atoms with Gasteiger partial charge in [0.15, 0.2) is 0 Å². The van der Waals surface area contributed by atoms with Gasteiger partial charge < -0.3 is 5.73 Å². The van der Waals surface area contributed by atoms with E-state index in [0.29, 0.717) is 12.0 Å². The number of fused-ring (bicyclic) bond motifs is 1. The molecule has 0 aromatic rings. The van der Waals surface area contributed by atoms with Crippen LogP contribution in [0.15, 0.2) is 34.4 Å². The number of nitrogens with two attached hydrogens (primary N) is 1. The molecule has 0 spiro atoms. The molecule has 1 unspecified atom stereocenters. The van der Waals surface area contributed by atoms with E-state index in [4.69, 9.17) is 5.73 Å². The van der Waals surface area contributed by atoms with Crippen LogP contribution >= 0.6 is 15.9 Å². The maximum Gasteiger partial charge on any atom is 0.0172 e. The van der Waals surface area contributed by atoms with Gasteiger partial charge in [-0.3, -0.25) is 0 Å². The van der Waals surface area contributed by atoms with Gasteiger partial charge in [-0.2, -0.15) is 0 Å². The van der Waals surface area contributed by atoms with E-state index in [1.54, 1.807) is 0 Å². The van der Waals surface area contributed by atoms with E-state index in [2.05, 4.69) is 40.2 Å². The highest BCUT2D eigenvalue weighted by molar-refractivity contribution is 9.11. The Labute approximate surface area is 87.5 Å². The zero-order valence-electron chi connectivity index (χ0n) is 7.54. The fraction of sp³-hybridized carbons (Fsp3) is 0.455. The van der Waals surface area contributed by atoms with E-state index in [0.717, 1.165) is 10.9 Å². The van der Waals surface area contributed by atoms with E-state index in [1.165, 1.54) is 18.4 Å². The molecule has 0 aromatic carbocycles. The van der Waals surface area contributed by atoms with Crippen molar-refractivity contribution >= 4 is 15.9 Å². The van der Waals surface area contributed by atoms with Crippen LogP contribution in [-0.2, 0) is 0 Å². The van der Waals surface area contributed by atoms with Crippen molar-refractivity contribution in [2.24, 2.45) is 11.7 Å². The van der Waals surface area contributed by atoms with Gasteiger partial charge in [0.25, 0.3) is 0 Å². The summed E-state index contributed by atoms with van der Waals surface area (Å²) in [5.74, 6) is 0.472. The Bertz CT molecular complexity index is 288. The predicted octanol–water partition coefficient (Wildman–Crippen LogP) is 2.89. The Kier molecular flexibility index (Phi) is 2.70. The van der Waals surface area contributed by atoms with Crippen molar-refractivity contribution in [1.29, 1.82) is 0 Å². The molecule has 2 heteroatoms. The molecule has 0 bridgehead atoms. The highest BCUT2D eigenvalue weighted by Crippen LogP contribution is 2.32. The number of halogens is 1. The summed E-state index contributed by atoms with van der Waals surface area (Å²) in [5, 5.41) is 0. The monoisotopic (exact) mass is 239 g/mol. The van der Waals surface area contributed by atoms with Crippen LogP contribution in [0.4, 0.5) is 0 Å². The van der Waals surface area contributed by atoms with E-state index < -0.39 is 0 Å². The van der Waals surface area contributed by atoms with Crippen molar-refractivity contribution in [3.63, 3.8) is 0 Å². The first-order valence-electron chi connectivity index (χ1n) is 4.77. The molecule has 2 N–H and O–H groups in total. The lowest BCUT2D eigenvalue weighted by molar-refractivity contribution is 0.444. The molecule has 2 atom stereocenters. The molecule has 2 rings (SSSR count). The molecule has 1 saturated carbocycles. The number of allylic oxidation sites excluding steroid dienone is 4. The maximum atomic E-state index is 6.07. The molecule has 0 radical (unpaired) electrons. The average Bonchev–Trinajstić information content (AvgIpc) is 2.30. The molecular weight excluding hydrogens is 226 g/mol. The molecule has 2 aliphatic rings. The smallest absolute Gasteiger partial charge is 0.0172 e. The van der Waals surface area contributed by atoms with Crippen molar-refractivity contribution in [2.45, 2.75) is 25.3 Å². The summed E-state index contributed by atoms with van der Waals surface area (Å²) in [5.41, 5.74) is 7.56. The predicted molar refractivity (Wildman–Crippen MR) is 59.5 cm³/mol. The molecule has 0 heterocycles. The van der Waals surface area contributed by atoms with Crippen LogP contribution in [0.5, 0.6) is 0 Å². The van der Waals surface area contributed by atoms with Crippen LogP contribution in [-0.4, -0.2) is 6.04 Å². The maximum absolute atomic E-state index is 6.07. The van der Waals surface area contributed by atoms with Gasteiger partial charge in [0.05, 0.1) is 0 Å². The Morgan fingerprint density at radius 3 is 3.08 bits per heavy atom. The molecule has 0 amide bonds. The van der Waals surface area contributed by atoms with Gasteiger partial charge in [0, 0.05) is 16.4 Å². The highest BCUT2D eigenvalue weighted by Gasteiger charge is 2.24. The van der Waals surface area contributed by atoms with Gasteiger partial charge in [0.2, 0.25) is 0 Å². The molecule has 2 aliphatic carbocycles.